The van der Waals surface area contributed by atoms with Crippen molar-refractivity contribution in [2.45, 2.75) is 25.9 Å². The van der Waals surface area contributed by atoms with Crippen LogP contribution in [0, 0.1) is 16.0 Å². The van der Waals surface area contributed by atoms with E-state index in [0.717, 1.165) is 12.6 Å². The van der Waals surface area contributed by atoms with E-state index in [4.69, 9.17) is 15.2 Å². The van der Waals surface area contributed by atoms with Gasteiger partial charge in [-0.3, -0.25) is 15.0 Å². The molecule has 0 spiro atoms. The van der Waals surface area contributed by atoms with Gasteiger partial charge in [0, 0.05) is 31.2 Å². The summed E-state index contributed by atoms with van der Waals surface area (Å²) >= 11 is 0. The lowest BCUT2D eigenvalue weighted by molar-refractivity contribution is -0.385. The molecule has 0 aliphatic carbocycles. The van der Waals surface area contributed by atoms with Gasteiger partial charge in [-0.1, -0.05) is 6.92 Å². The molecule has 2 unspecified atom stereocenters. The van der Waals surface area contributed by atoms with E-state index in [1.807, 2.05) is 11.8 Å². The van der Waals surface area contributed by atoms with Gasteiger partial charge in [-0.05, 0) is 12.0 Å². The SMILES string of the molecule is COc1cc(CN2CC(C)C(N)C2)c([N+](=O)[O-])cc1OCC(F)F. The van der Waals surface area contributed by atoms with Crippen LogP contribution < -0.4 is 15.2 Å². The molecule has 7 nitrogen and oxygen atoms in total. The Morgan fingerprint density at radius 2 is 2.12 bits per heavy atom. The maximum absolute atomic E-state index is 12.3. The molecule has 0 saturated carbocycles. The minimum atomic E-state index is -2.68. The van der Waals surface area contributed by atoms with Crippen molar-refractivity contribution in [3.05, 3.63) is 27.8 Å². The van der Waals surface area contributed by atoms with Gasteiger partial charge in [-0.25, -0.2) is 8.78 Å². The quantitative estimate of drug-likeness (QED) is 0.601. The first-order valence-electron chi connectivity index (χ1n) is 7.56. The molecule has 0 bridgehead atoms. The summed E-state index contributed by atoms with van der Waals surface area (Å²) in [4.78, 5) is 12.8. The number of nitrogens with zero attached hydrogens (tertiary/aromatic N) is 2. The van der Waals surface area contributed by atoms with Gasteiger partial charge in [-0.2, -0.15) is 0 Å². The Morgan fingerprint density at radius 3 is 2.62 bits per heavy atom. The molecule has 1 fully saturated rings. The summed E-state index contributed by atoms with van der Waals surface area (Å²) in [5.74, 6) is 0.423. The number of halogens is 2. The highest BCUT2D eigenvalue weighted by Gasteiger charge is 2.29. The minimum Gasteiger partial charge on any atom is -0.493 e. The lowest BCUT2D eigenvalue weighted by Crippen LogP contribution is -2.28. The first kappa shape index (κ1) is 18.3. The van der Waals surface area contributed by atoms with Crippen LogP contribution in [-0.2, 0) is 6.54 Å². The largest absolute Gasteiger partial charge is 0.493 e. The second-order valence-corrected chi connectivity index (χ2v) is 5.93. The lowest BCUT2D eigenvalue weighted by Gasteiger charge is -2.17. The highest BCUT2D eigenvalue weighted by Crippen LogP contribution is 2.36. The Hall–Kier alpha value is -2.00. The Labute approximate surface area is 138 Å². The van der Waals surface area contributed by atoms with Crippen molar-refractivity contribution < 1.29 is 23.2 Å². The zero-order valence-corrected chi connectivity index (χ0v) is 13.6. The number of rotatable bonds is 7. The molecule has 0 amide bonds. The molecule has 24 heavy (non-hydrogen) atoms. The van der Waals surface area contributed by atoms with Crippen LogP contribution in [0.25, 0.3) is 0 Å². The van der Waals surface area contributed by atoms with Crippen LogP contribution in [0.4, 0.5) is 14.5 Å². The number of hydrogen-bond donors (Lipinski definition) is 1. The van der Waals surface area contributed by atoms with Crippen molar-refractivity contribution in [3.8, 4) is 11.5 Å². The highest BCUT2D eigenvalue weighted by atomic mass is 19.3. The van der Waals surface area contributed by atoms with E-state index in [2.05, 4.69) is 0 Å². The highest BCUT2D eigenvalue weighted by molar-refractivity contribution is 5.54. The van der Waals surface area contributed by atoms with E-state index in [9.17, 15) is 18.9 Å². The predicted molar refractivity (Wildman–Crippen MR) is 83.6 cm³/mol. The average Bonchev–Trinajstić information content (AvgIpc) is 2.82. The van der Waals surface area contributed by atoms with Gasteiger partial charge in [0.1, 0.15) is 6.61 Å². The van der Waals surface area contributed by atoms with Crippen LogP contribution in [0.15, 0.2) is 12.1 Å². The number of nitro benzene ring substituents is 1. The third kappa shape index (κ3) is 4.30. The zero-order chi connectivity index (χ0) is 17.9. The fourth-order valence-electron chi connectivity index (χ4n) is 2.78. The Balaban J connectivity index is 2.27. The van der Waals surface area contributed by atoms with E-state index in [1.54, 1.807) is 0 Å². The summed E-state index contributed by atoms with van der Waals surface area (Å²) in [6, 6.07) is 2.63. The average molecular weight is 345 g/mol. The number of methoxy groups -OCH3 is 1. The molecule has 0 radical (unpaired) electrons. The molecule has 1 saturated heterocycles. The van der Waals surface area contributed by atoms with Gasteiger partial charge in [0.25, 0.3) is 12.1 Å². The van der Waals surface area contributed by atoms with Crippen LogP contribution in [0.2, 0.25) is 0 Å². The third-order valence-corrected chi connectivity index (χ3v) is 4.07. The van der Waals surface area contributed by atoms with Crippen molar-refractivity contribution >= 4 is 5.69 Å². The summed E-state index contributed by atoms with van der Waals surface area (Å²) in [6.07, 6.45) is -2.68. The van der Waals surface area contributed by atoms with E-state index >= 15 is 0 Å². The fraction of sp³-hybridized carbons (Fsp3) is 0.600. The molecule has 9 heteroatoms. The molecule has 1 aromatic rings. The van der Waals surface area contributed by atoms with Gasteiger partial charge in [0.05, 0.1) is 18.1 Å². The summed E-state index contributed by atoms with van der Waals surface area (Å²) in [5.41, 5.74) is 6.22. The number of likely N-dealkylation sites (tertiary alicyclic amines) is 1. The molecule has 1 aliphatic rings. The Kier molecular flexibility index (Phi) is 5.89. The monoisotopic (exact) mass is 345 g/mol. The number of alkyl halides is 2. The third-order valence-electron chi connectivity index (χ3n) is 4.07. The van der Waals surface area contributed by atoms with Gasteiger partial charge in [-0.15, -0.1) is 0 Å². The standard InChI is InChI=1S/C15H21F2N3O4/c1-9-5-19(7-11(9)18)6-10-3-13(23-2)14(24-8-15(16)17)4-12(10)20(21)22/h3-4,9,11,15H,5-8,18H2,1-2H3. The normalized spacial score (nSPS) is 21.2. The molecule has 1 aliphatic heterocycles. The predicted octanol–water partition coefficient (Wildman–Crippen LogP) is 2.03. The topological polar surface area (TPSA) is 90.9 Å². The molecule has 1 aromatic carbocycles. The van der Waals surface area contributed by atoms with Gasteiger partial charge in [0.2, 0.25) is 0 Å². The minimum absolute atomic E-state index is 0.0274. The number of benzene rings is 1. The molecule has 2 rings (SSSR count). The molecule has 2 atom stereocenters. The number of nitro groups is 1. The summed E-state index contributed by atoms with van der Waals surface area (Å²) < 4.78 is 34.7. The Morgan fingerprint density at radius 1 is 1.42 bits per heavy atom. The van der Waals surface area contributed by atoms with Gasteiger partial charge >= 0.3 is 0 Å². The first-order chi connectivity index (χ1) is 11.3. The van der Waals surface area contributed by atoms with Crippen LogP contribution in [0.3, 0.4) is 0 Å². The van der Waals surface area contributed by atoms with Crippen LogP contribution in [0.5, 0.6) is 11.5 Å². The van der Waals surface area contributed by atoms with Gasteiger partial charge < -0.3 is 15.2 Å². The number of hydrogen-bond acceptors (Lipinski definition) is 6. The molecule has 1 heterocycles. The van der Waals surface area contributed by atoms with Crippen molar-refractivity contribution in [2.75, 3.05) is 26.8 Å². The molecule has 2 N–H and O–H groups in total. The van der Waals surface area contributed by atoms with E-state index in [1.165, 1.54) is 13.2 Å². The molecule has 0 aromatic heterocycles. The second-order valence-electron chi connectivity index (χ2n) is 5.93. The number of ether oxygens (including phenoxy) is 2. The van der Waals surface area contributed by atoms with Gasteiger partial charge in [0.15, 0.2) is 11.5 Å². The maximum atomic E-state index is 12.3. The van der Waals surface area contributed by atoms with Crippen molar-refractivity contribution in [1.82, 2.24) is 4.90 Å². The summed E-state index contributed by atoms with van der Waals surface area (Å²) in [6.45, 7) is 2.89. The second kappa shape index (κ2) is 7.71. The Bertz CT molecular complexity index is 590. The summed E-state index contributed by atoms with van der Waals surface area (Å²) in [7, 11) is 1.36. The molecular formula is C15H21F2N3O4. The van der Waals surface area contributed by atoms with Crippen molar-refractivity contribution in [3.63, 3.8) is 0 Å². The van der Waals surface area contributed by atoms with Crippen LogP contribution >= 0.6 is 0 Å². The molecular weight excluding hydrogens is 324 g/mol. The van der Waals surface area contributed by atoms with E-state index in [-0.39, 0.29) is 23.2 Å². The summed E-state index contributed by atoms with van der Waals surface area (Å²) in [5, 5.41) is 11.3. The van der Waals surface area contributed by atoms with E-state index < -0.39 is 18.0 Å². The van der Waals surface area contributed by atoms with Crippen LogP contribution in [0.1, 0.15) is 12.5 Å². The van der Waals surface area contributed by atoms with Crippen LogP contribution in [-0.4, -0.2) is 49.1 Å². The van der Waals surface area contributed by atoms with Crippen molar-refractivity contribution in [2.24, 2.45) is 11.7 Å². The van der Waals surface area contributed by atoms with E-state index in [0.29, 0.717) is 24.6 Å². The first-order valence-corrected chi connectivity index (χ1v) is 7.56. The maximum Gasteiger partial charge on any atom is 0.277 e. The smallest absolute Gasteiger partial charge is 0.277 e. The van der Waals surface area contributed by atoms with Crippen molar-refractivity contribution in [1.29, 1.82) is 0 Å². The fourth-order valence-corrected chi connectivity index (χ4v) is 2.78. The lowest BCUT2D eigenvalue weighted by atomic mass is 10.1. The molecule has 134 valence electrons. The number of nitrogens with two attached hydrogens (primary N) is 1. The zero-order valence-electron chi connectivity index (χ0n) is 13.6.